The first-order valence-corrected chi connectivity index (χ1v) is 6.95. The fraction of sp³-hybridized carbons (Fsp3) is 0.600. The maximum atomic E-state index is 4.24. The SMILES string of the molecule is CN(CCS)CCc1ccc(C(C)(C)C)cc1. The summed E-state index contributed by atoms with van der Waals surface area (Å²) >= 11 is 4.24. The van der Waals surface area contributed by atoms with Gasteiger partial charge in [-0.25, -0.2) is 0 Å². The molecule has 1 aromatic rings. The average molecular weight is 251 g/mol. The zero-order valence-corrected chi connectivity index (χ0v) is 12.4. The number of rotatable bonds is 5. The summed E-state index contributed by atoms with van der Waals surface area (Å²) in [5.41, 5.74) is 3.08. The zero-order valence-electron chi connectivity index (χ0n) is 11.5. The summed E-state index contributed by atoms with van der Waals surface area (Å²) in [6, 6.07) is 9.03. The van der Waals surface area contributed by atoms with Gasteiger partial charge in [0, 0.05) is 18.8 Å². The Morgan fingerprint density at radius 2 is 1.65 bits per heavy atom. The molecule has 17 heavy (non-hydrogen) atoms. The second-order valence-electron chi connectivity index (χ2n) is 5.72. The van der Waals surface area contributed by atoms with Crippen molar-refractivity contribution in [1.29, 1.82) is 0 Å². The van der Waals surface area contributed by atoms with Crippen molar-refractivity contribution in [3.8, 4) is 0 Å². The van der Waals surface area contributed by atoms with Crippen LogP contribution in [0.4, 0.5) is 0 Å². The van der Waals surface area contributed by atoms with Crippen molar-refractivity contribution in [3.63, 3.8) is 0 Å². The van der Waals surface area contributed by atoms with Gasteiger partial charge in [0.1, 0.15) is 0 Å². The summed E-state index contributed by atoms with van der Waals surface area (Å²) in [7, 11) is 2.15. The summed E-state index contributed by atoms with van der Waals surface area (Å²) < 4.78 is 0. The fourth-order valence-corrected chi connectivity index (χ4v) is 2.12. The molecule has 0 aliphatic heterocycles. The highest BCUT2D eigenvalue weighted by atomic mass is 32.1. The van der Waals surface area contributed by atoms with Crippen molar-refractivity contribution in [2.24, 2.45) is 0 Å². The van der Waals surface area contributed by atoms with Crippen molar-refractivity contribution < 1.29 is 0 Å². The molecule has 0 amide bonds. The third-order valence-electron chi connectivity index (χ3n) is 3.08. The predicted molar refractivity (Wildman–Crippen MR) is 80.2 cm³/mol. The van der Waals surface area contributed by atoms with E-state index < -0.39 is 0 Å². The zero-order chi connectivity index (χ0) is 12.9. The Balaban J connectivity index is 2.51. The molecule has 1 rings (SSSR count). The van der Waals surface area contributed by atoms with Gasteiger partial charge in [0.2, 0.25) is 0 Å². The van der Waals surface area contributed by atoms with Gasteiger partial charge in [-0.3, -0.25) is 0 Å². The van der Waals surface area contributed by atoms with Gasteiger partial charge in [-0.2, -0.15) is 12.6 Å². The van der Waals surface area contributed by atoms with Crippen LogP contribution in [-0.4, -0.2) is 30.8 Å². The second-order valence-corrected chi connectivity index (χ2v) is 6.17. The number of benzene rings is 1. The highest BCUT2D eigenvalue weighted by molar-refractivity contribution is 7.80. The molecule has 0 bridgehead atoms. The van der Waals surface area contributed by atoms with E-state index in [4.69, 9.17) is 0 Å². The Kier molecular flexibility index (Phi) is 5.54. The third-order valence-corrected chi connectivity index (χ3v) is 3.28. The van der Waals surface area contributed by atoms with Crippen LogP contribution in [0.2, 0.25) is 0 Å². The van der Waals surface area contributed by atoms with Crippen LogP contribution >= 0.6 is 12.6 Å². The van der Waals surface area contributed by atoms with Crippen molar-refractivity contribution >= 4 is 12.6 Å². The maximum absolute atomic E-state index is 4.24. The van der Waals surface area contributed by atoms with E-state index in [1.807, 2.05) is 0 Å². The van der Waals surface area contributed by atoms with Crippen molar-refractivity contribution in [1.82, 2.24) is 4.90 Å². The van der Waals surface area contributed by atoms with Crippen LogP contribution in [0.25, 0.3) is 0 Å². The lowest BCUT2D eigenvalue weighted by atomic mass is 9.86. The summed E-state index contributed by atoms with van der Waals surface area (Å²) in [4.78, 5) is 2.32. The van der Waals surface area contributed by atoms with Crippen LogP contribution < -0.4 is 0 Å². The quantitative estimate of drug-likeness (QED) is 0.785. The smallest absolute Gasteiger partial charge is 0.00669 e. The molecule has 1 aromatic carbocycles. The summed E-state index contributed by atoms with van der Waals surface area (Å²) in [6.45, 7) is 8.92. The standard InChI is InChI=1S/C15H25NS/c1-15(2,3)14-7-5-13(6-8-14)9-10-16(4)11-12-17/h5-8,17H,9-12H2,1-4H3. The molecule has 0 spiro atoms. The van der Waals surface area contributed by atoms with Gasteiger partial charge in [0.25, 0.3) is 0 Å². The van der Waals surface area contributed by atoms with Gasteiger partial charge in [0.15, 0.2) is 0 Å². The Morgan fingerprint density at radius 1 is 1.06 bits per heavy atom. The Labute approximate surface area is 112 Å². The largest absolute Gasteiger partial charge is 0.305 e. The van der Waals surface area contributed by atoms with E-state index in [9.17, 15) is 0 Å². The molecule has 0 aromatic heterocycles. The first kappa shape index (κ1) is 14.6. The van der Waals surface area contributed by atoms with E-state index in [2.05, 4.69) is 69.6 Å². The fourth-order valence-electron chi connectivity index (χ4n) is 1.77. The minimum atomic E-state index is 0.251. The molecule has 0 atom stereocenters. The van der Waals surface area contributed by atoms with E-state index in [1.54, 1.807) is 0 Å². The first-order chi connectivity index (χ1) is 7.93. The highest BCUT2D eigenvalue weighted by Crippen LogP contribution is 2.22. The Bertz CT molecular complexity index is 324. The molecule has 0 fully saturated rings. The topological polar surface area (TPSA) is 3.24 Å². The molecule has 2 heteroatoms. The van der Waals surface area contributed by atoms with E-state index >= 15 is 0 Å². The van der Waals surface area contributed by atoms with Crippen LogP contribution in [0.3, 0.4) is 0 Å². The lowest BCUT2D eigenvalue weighted by Gasteiger charge is -2.19. The average Bonchev–Trinajstić information content (AvgIpc) is 2.26. The lowest BCUT2D eigenvalue weighted by Crippen LogP contribution is -2.23. The number of hydrogen-bond donors (Lipinski definition) is 1. The molecule has 0 saturated carbocycles. The van der Waals surface area contributed by atoms with Crippen molar-refractivity contribution in [3.05, 3.63) is 35.4 Å². The van der Waals surface area contributed by atoms with Gasteiger partial charge >= 0.3 is 0 Å². The molecular weight excluding hydrogens is 226 g/mol. The number of nitrogens with zero attached hydrogens (tertiary/aromatic N) is 1. The molecule has 0 unspecified atom stereocenters. The molecule has 0 N–H and O–H groups in total. The normalized spacial score (nSPS) is 12.1. The second kappa shape index (κ2) is 6.46. The van der Waals surface area contributed by atoms with Crippen molar-refractivity contribution in [2.45, 2.75) is 32.6 Å². The molecule has 1 nitrogen and oxygen atoms in total. The van der Waals surface area contributed by atoms with Gasteiger partial charge < -0.3 is 4.90 Å². The molecule has 0 radical (unpaired) electrons. The Morgan fingerprint density at radius 3 is 2.12 bits per heavy atom. The first-order valence-electron chi connectivity index (χ1n) is 6.32. The van der Waals surface area contributed by atoms with Gasteiger partial charge in [-0.1, -0.05) is 45.0 Å². The minimum absolute atomic E-state index is 0.251. The van der Waals surface area contributed by atoms with E-state index in [-0.39, 0.29) is 5.41 Å². The van der Waals surface area contributed by atoms with Crippen LogP contribution in [0, 0.1) is 0 Å². The number of likely N-dealkylation sites (N-methyl/N-ethyl adjacent to an activating group) is 1. The molecule has 96 valence electrons. The monoisotopic (exact) mass is 251 g/mol. The van der Waals surface area contributed by atoms with Crippen LogP contribution in [-0.2, 0) is 11.8 Å². The van der Waals surface area contributed by atoms with Gasteiger partial charge in [-0.15, -0.1) is 0 Å². The van der Waals surface area contributed by atoms with Gasteiger partial charge in [0.05, 0.1) is 0 Å². The number of hydrogen-bond acceptors (Lipinski definition) is 2. The molecule has 0 aliphatic carbocycles. The number of thiol groups is 1. The molecular formula is C15H25NS. The van der Waals surface area contributed by atoms with Crippen LogP contribution in [0.1, 0.15) is 31.9 Å². The summed E-state index contributed by atoms with van der Waals surface area (Å²) in [5, 5.41) is 0. The van der Waals surface area contributed by atoms with Crippen molar-refractivity contribution in [2.75, 3.05) is 25.9 Å². The lowest BCUT2D eigenvalue weighted by molar-refractivity contribution is 0.361. The molecule has 0 saturated heterocycles. The van der Waals surface area contributed by atoms with Crippen LogP contribution in [0.5, 0.6) is 0 Å². The summed E-state index contributed by atoms with van der Waals surface area (Å²) in [5.74, 6) is 0.930. The predicted octanol–water partition coefficient (Wildman–Crippen LogP) is 3.39. The third kappa shape index (κ3) is 5.13. The summed E-state index contributed by atoms with van der Waals surface area (Å²) in [6.07, 6.45) is 1.12. The van der Waals surface area contributed by atoms with E-state index in [0.717, 1.165) is 25.3 Å². The van der Waals surface area contributed by atoms with Gasteiger partial charge in [-0.05, 0) is 30.0 Å². The molecule has 0 aliphatic rings. The van der Waals surface area contributed by atoms with E-state index in [0.29, 0.717) is 0 Å². The molecule has 0 heterocycles. The minimum Gasteiger partial charge on any atom is -0.305 e. The van der Waals surface area contributed by atoms with E-state index in [1.165, 1.54) is 11.1 Å². The Hall–Kier alpha value is -0.470. The highest BCUT2D eigenvalue weighted by Gasteiger charge is 2.12. The maximum Gasteiger partial charge on any atom is 0.00669 e. The van der Waals surface area contributed by atoms with Crippen LogP contribution in [0.15, 0.2) is 24.3 Å².